The highest BCUT2D eigenvalue weighted by Crippen LogP contribution is 1.87. The first-order chi connectivity index (χ1) is 5.67. The van der Waals surface area contributed by atoms with Gasteiger partial charge in [0.25, 0.3) is 0 Å². The number of carboxylic acids is 1. The van der Waals surface area contributed by atoms with Crippen LogP contribution >= 0.6 is 0 Å². The van der Waals surface area contributed by atoms with Gasteiger partial charge in [0.1, 0.15) is 5.78 Å². The summed E-state index contributed by atoms with van der Waals surface area (Å²) in [7, 11) is 0. The van der Waals surface area contributed by atoms with Gasteiger partial charge in [0, 0.05) is 13.2 Å². The highest BCUT2D eigenvalue weighted by molar-refractivity contribution is 5.80. The monoisotopic (exact) mass is 121 g/mol. The van der Waals surface area contributed by atoms with Gasteiger partial charge in [-0.15, -0.1) is 0 Å². The number of hydrogen-bond acceptors (Lipinski definition) is 2. The molecule has 0 aliphatic rings. The van der Waals surface area contributed by atoms with Crippen LogP contribution in [0.2, 0.25) is 0 Å². The van der Waals surface area contributed by atoms with Crippen molar-refractivity contribution in [2.75, 3.05) is 0 Å². The Kier molecular flexibility index (Phi) is 0.863. The van der Waals surface area contributed by atoms with Crippen molar-refractivity contribution in [1.82, 2.24) is 0 Å². The molecule has 1 N–H and O–H groups in total. The third-order valence-electron chi connectivity index (χ3n) is 0.309. The lowest BCUT2D eigenvalue weighted by Crippen LogP contribution is -1.98. The van der Waals surface area contributed by atoms with E-state index in [1.165, 1.54) is 0 Å². The molecule has 0 atom stereocenters. The quantitative estimate of drug-likeness (QED) is 0.589. The number of carbonyl (C=O) groups excluding carboxylic acids is 1. The van der Waals surface area contributed by atoms with Gasteiger partial charge in [-0.05, 0) is 6.90 Å². The van der Waals surface area contributed by atoms with Crippen molar-refractivity contribution in [2.24, 2.45) is 0 Å². The first kappa shape index (κ1) is 2.17. The Morgan fingerprint density at radius 1 is 1.75 bits per heavy atom. The van der Waals surface area contributed by atoms with E-state index in [2.05, 4.69) is 0 Å². The molecule has 0 aromatic rings. The number of ketones is 1. The largest absolute Gasteiger partial charge is 0.481 e. The molecule has 8 heavy (non-hydrogen) atoms. The van der Waals surface area contributed by atoms with E-state index >= 15 is 0 Å². The molecule has 0 saturated heterocycles. The summed E-state index contributed by atoms with van der Waals surface area (Å²) in [6.07, 6.45) is -6.47. The zero-order valence-electron chi connectivity index (χ0n) is 8.97. The molecule has 0 aromatic carbocycles. The van der Waals surface area contributed by atoms with Gasteiger partial charge in [0.2, 0.25) is 0 Å². The topological polar surface area (TPSA) is 54.4 Å². The summed E-state index contributed by atoms with van der Waals surface area (Å²) in [6.45, 7) is -0.986. The Hall–Kier alpha value is -0.860. The maximum Gasteiger partial charge on any atom is 0.303 e. The Morgan fingerprint density at radius 2 is 2.38 bits per heavy atom. The molecule has 3 nitrogen and oxygen atoms in total. The van der Waals surface area contributed by atoms with Crippen LogP contribution in [0.25, 0.3) is 0 Å². The zero-order valence-corrected chi connectivity index (χ0v) is 3.97. The molecule has 0 fully saturated rings. The van der Waals surface area contributed by atoms with Crippen LogP contribution < -0.4 is 0 Å². The van der Waals surface area contributed by atoms with Crippen LogP contribution in [-0.4, -0.2) is 16.9 Å². The zero-order chi connectivity index (χ0) is 10.9. The van der Waals surface area contributed by atoms with Crippen molar-refractivity contribution < 1.29 is 21.5 Å². The van der Waals surface area contributed by atoms with Crippen LogP contribution in [0.4, 0.5) is 0 Å². The molecule has 0 unspecified atom stereocenters. The standard InChI is InChI=1S/C5H8O3/c1-4(6)2-3-5(7)8/h2-3H2,1H3,(H,7,8)/i1D,2D2,3D2. The molecule has 0 heterocycles. The second-order valence-corrected chi connectivity index (χ2v) is 0.978. The van der Waals surface area contributed by atoms with E-state index < -0.39 is 31.4 Å². The summed E-state index contributed by atoms with van der Waals surface area (Å²) in [5.41, 5.74) is 0. The molecule has 46 valence electrons. The summed E-state index contributed by atoms with van der Waals surface area (Å²) < 4.78 is 34.0. The van der Waals surface area contributed by atoms with Gasteiger partial charge in [-0.1, -0.05) is 0 Å². The van der Waals surface area contributed by atoms with Crippen molar-refractivity contribution in [3.63, 3.8) is 0 Å². The molecule has 0 bridgehead atoms. The van der Waals surface area contributed by atoms with Gasteiger partial charge in [0.15, 0.2) is 0 Å². The van der Waals surface area contributed by atoms with Crippen molar-refractivity contribution >= 4 is 11.8 Å². The van der Waals surface area contributed by atoms with Crippen molar-refractivity contribution in [3.05, 3.63) is 0 Å². The van der Waals surface area contributed by atoms with E-state index in [0.29, 0.717) is 0 Å². The molecular formula is C5H8O3. The van der Waals surface area contributed by atoms with Crippen molar-refractivity contribution in [3.8, 4) is 0 Å². The number of aliphatic carboxylic acids is 1. The third-order valence-corrected chi connectivity index (χ3v) is 0.309. The summed E-state index contributed by atoms with van der Waals surface area (Å²) >= 11 is 0. The maximum atomic E-state index is 10.7. The predicted octanol–water partition coefficient (Wildman–Crippen LogP) is 0.440. The second-order valence-electron chi connectivity index (χ2n) is 0.978. The SMILES string of the molecule is [2H]CC(=O)C([2H])([2H])C([2H])([2H])C(=O)O. The third kappa shape index (κ3) is 5.14. The number of hydrogen-bond donors (Lipinski definition) is 1. The lowest BCUT2D eigenvalue weighted by atomic mass is 10.2. The van der Waals surface area contributed by atoms with Crippen molar-refractivity contribution in [1.29, 1.82) is 0 Å². The van der Waals surface area contributed by atoms with Crippen LogP contribution in [0.1, 0.15) is 26.5 Å². The van der Waals surface area contributed by atoms with E-state index in [-0.39, 0.29) is 0 Å². The smallest absolute Gasteiger partial charge is 0.303 e. The van der Waals surface area contributed by atoms with Gasteiger partial charge in [-0.3, -0.25) is 4.79 Å². The summed E-state index contributed by atoms with van der Waals surface area (Å²) in [4.78, 5) is 21.0. The van der Waals surface area contributed by atoms with E-state index in [1.54, 1.807) is 0 Å². The molecule has 0 radical (unpaired) electrons. The molecule has 0 rings (SSSR count). The predicted molar refractivity (Wildman–Crippen MR) is 27.6 cm³/mol. The number of Topliss-reactive ketones (excluding diaryl/α,β-unsaturated/α-hetero) is 1. The first-order valence-corrected chi connectivity index (χ1v) is 1.74. The minimum atomic E-state index is -3.30. The molecular weight excluding hydrogens is 108 g/mol. The lowest BCUT2D eigenvalue weighted by Gasteiger charge is -1.86. The Bertz CT molecular complexity index is 236. The normalized spacial score (nSPS) is 21.2. The Labute approximate surface area is 54.3 Å². The summed E-state index contributed by atoms with van der Waals surface area (Å²) in [6, 6.07) is 0. The summed E-state index contributed by atoms with van der Waals surface area (Å²) in [5.74, 6) is -3.45. The first-order valence-electron chi connectivity index (χ1n) is 4.44. The molecule has 0 aliphatic carbocycles. The van der Waals surface area contributed by atoms with Crippen molar-refractivity contribution in [2.45, 2.75) is 19.6 Å². The van der Waals surface area contributed by atoms with Gasteiger partial charge in [0.05, 0.1) is 6.37 Å². The fraction of sp³-hybridized carbons (Fsp3) is 0.600. The van der Waals surface area contributed by atoms with E-state index in [0.717, 1.165) is 0 Å². The average molecular weight is 121 g/mol. The second kappa shape index (κ2) is 3.18. The highest BCUT2D eigenvalue weighted by atomic mass is 16.4. The average Bonchev–Trinajstić information content (AvgIpc) is 2.02. The van der Waals surface area contributed by atoms with Gasteiger partial charge < -0.3 is 9.90 Å². The van der Waals surface area contributed by atoms with Gasteiger partial charge >= 0.3 is 5.97 Å². The number of carboxylic acid groups (broad SMARTS) is 1. The van der Waals surface area contributed by atoms with E-state index in [9.17, 15) is 9.59 Å². The fourth-order valence-electron chi connectivity index (χ4n) is 0.123. The minimum absolute atomic E-state index is 0.986. The van der Waals surface area contributed by atoms with Crippen LogP contribution in [0, 0.1) is 0 Å². The molecule has 3 heteroatoms. The molecule has 0 spiro atoms. The summed E-state index contributed by atoms with van der Waals surface area (Å²) in [5, 5.41) is 8.29. The maximum absolute atomic E-state index is 10.7. The van der Waals surface area contributed by atoms with E-state index in [4.69, 9.17) is 12.0 Å². The molecule has 0 aliphatic heterocycles. The molecule has 0 saturated carbocycles. The number of rotatable bonds is 3. The Balaban J connectivity index is 5.02. The van der Waals surface area contributed by atoms with Crippen LogP contribution in [0.3, 0.4) is 0 Å². The Morgan fingerprint density at radius 3 is 2.75 bits per heavy atom. The number of carbonyl (C=O) groups is 2. The van der Waals surface area contributed by atoms with Gasteiger partial charge in [-0.2, -0.15) is 0 Å². The van der Waals surface area contributed by atoms with E-state index in [1.807, 2.05) is 0 Å². The van der Waals surface area contributed by atoms with Crippen LogP contribution in [0.15, 0.2) is 0 Å². The highest BCUT2D eigenvalue weighted by Gasteiger charge is 1.97. The lowest BCUT2D eigenvalue weighted by molar-refractivity contribution is -0.138. The van der Waals surface area contributed by atoms with Gasteiger partial charge in [-0.25, -0.2) is 0 Å². The van der Waals surface area contributed by atoms with Crippen LogP contribution in [-0.2, 0) is 9.59 Å². The molecule has 0 amide bonds. The fourth-order valence-corrected chi connectivity index (χ4v) is 0.123. The van der Waals surface area contributed by atoms with Crippen LogP contribution in [0.5, 0.6) is 0 Å². The minimum Gasteiger partial charge on any atom is -0.481 e. The molecule has 0 aromatic heterocycles.